The average molecular weight is 350 g/mol. The summed E-state index contributed by atoms with van der Waals surface area (Å²) >= 11 is 0. The monoisotopic (exact) mass is 350 g/mol. The second kappa shape index (κ2) is 6.22. The largest absolute Gasteiger partial charge is 0.453 e. The van der Waals surface area contributed by atoms with E-state index in [2.05, 4.69) is 35.6 Å². The molecule has 0 aromatic heterocycles. The Morgan fingerprint density at radius 3 is 2.04 bits per heavy atom. The van der Waals surface area contributed by atoms with E-state index >= 15 is 0 Å². The van der Waals surface area contributed by atoms with Crippen molar-refractivity contribution < 1.29 is 4.74 Å². The molecule has 1 aliphatic heterocycles. The molecule has 27 heavy (non-hydrogen) atoms. The summed E-state index contributed by atoms with van der Waals surface area (Å²) in [5.74, 6) is 1.54. The fourth-order valence-corrected chi connectivity index (χ4v) is 3.56. The summed E-state index contributed by atoms with van der Waals surface area (Å²) < 4.78 is 6.17. The molecule has 5 rings (SSSR count). The second-order valence-electron chi connectivity index (χ2n) is 6.54. The maximum absolute atomic E-state index is 6.69. The van der Waals surface area contributed by atoms with Gasteiger partial charge in [0.05, 0.1) is 11.4 Å². The topological polar surface area (TPSA) is 47.3 Å². The van der Waals surface area contributed by atoms with Crippen molar-refractivity contribution in [2.24, 2.45) is 0 Å². The molecule has 0 amide bonds. The standard InChI is InChI=1S/C24H18N2O/c25-23-22(17-11-5-2-6-12-17)18(16-9-3-1-4-10-16)15-21-24(23)26-19-13-7-8-14-20(19)27-21/h1-15,26H,25H2. The van der Waals surface area contributed by atoms with E-state index in [0.717, 1.165) is 45.1 Å². The lowest BCUT2D eigenvalue weighted by atomic mass is 9.91. The van der Waals surface area contributed by atoms with Crippen LogP contribution in [-0.2, 0) is 0 Å². The predicted octanol–water partition coefficient (Wildman–Crippen LogP) is 6.45. The highest BCUT2D eigenvalue weighted by Crippen LogP contribution is 2.51. The number of nitrogen functional groups attached to an aromatic ring is 1. The van der Waals surface area contributed by atoms with Gasteiger partial charge in [-0.25, -0.2) is 0 Å². The Hall–Kier alpha value is -3.72. The fourth-order valence-electron chi connectivity index (χ4n) is 3.56. The highest BCUT2D eigenvalue weighted by atomic mass is 16.5. The third-order valence-corrected chi connectivity index (χ3v) is 4.84. The van der Waals surface area contributed by atoms with Gasteiger partial charge in [-0.1, -0.05) is 72.8 Å². The van der Waals surface area contributed by atoms with Crippen LogP contribution in [0.1, 0.15) is 0 Å². The number of hydrogen-bond acceptors (Lipinski definition) is 3. The third kappa shape index (κ3) is 2.61. The second-order valence-corrected chi connectivity index (χ2v) is 6.54. The van der Waals surface area contributed by atoms with Gasteiger partial charge >= 0.3 is 0 Å². The number of benzene rings is 4. The molecule has 0 fully saturated rings. The van der Waals surface area contributed by atoms with Crippen LogP contribution < -0.4 is 15.8 Å². The number of fused-ring (bicyclic) bond motifs is 2. The van der Waals surface area contributed by atoms with Gasteiger partial charge in [-0.2, -0.15) is 0 Å². The zero-order valence-electron chi connectivity index (χ0n) is 14.6. The minimum atomic E-state index is 0.687. The Kier molecular flexibility index (Phi) is 3.58. The summed E-state index contributed by atoms with van der Waals surface area (Å²) in [4.78, 5) is 0. The zero-order valence-corrected chi connectivity index (χ0v) is 14.6. The quantitative estimate of drug-likeness (QED) is 0.360. The molecular formula is C24H18N2O. The fraction of sp³-hybridized carbons (Fsp3) is 0. The number of anilines is 3. The first-order valence-corrected chi connectivity index (χ1v) is 8.92. The molecule has 0 atom stereocenters. The minimum Gasteiger partial charge on any atom is -0.453 e. The van der Waals surface area contributed by atoms with Gasteiger partial charge in [0.15, 0.2) is 11.5 Å². The molecule has 0 unspecified atom stereocenters. The molecule has 1 heterocycles. The first-order valence-electron chi connectivity index (χ1n) is 8.92. The normalized spacial score (nSPS) is 11.7. The zero-order chi connectivity index (χ0) is 18.2. The molecular weight excluding hydrogens is 332 g/mol. The van der Waals surface area contributed by atoms with Gasteiger partial charge in [0, 0.05) is 5.56 Å². The highest BCUT2D eigenvalue weighted by molar-refractivity contribution is 6.01. The van der Waals surface area contributed by atoms with Gasteiger partial charge in [-0.05, 0) is 34.9 Å². The first-order chi connectivity index (χ1) is 13.3. The number of para-hydroxylation sites is 2. The van der Waals surface area contributed by atoms with Crippen LogP contribution in [0.15, 0.2) is 91.0 Å². The molecule has 0 radical (unpaired) electrons. The van der Waals surface area contributed by atoms with Crippen LogP contribution in [0.4, 0.5) is 17.1 Å². The van der Waals surface area contributed by atoms with Crippen molar-refractivity contribution in [3.63, 3.8) is 0 Å². The average Bonchev–Trinajstić information content (AvgIpc) is 2.74. The van der Waals surface area contributed by atoms with Crippen LogP contribution in [0.2, 0.25) is 0 Å². The maximum atomic E-state index is 6.69. The van der Waals surface area contributed by atoms with Crippen LogP contribution >= 0.6 is 0 Å². The Morgan fingerprint density at radius 1 is 0.667 bits per heavy atom. The van der Waals surface area contributed by atoms with Gasteiger partial charge in [0.2, 0.25) is 0 Å². The molecule has 0 saturated heterocycles. The number of nitrogens with two attached hydrogens (primary N) is 1. The van der Waals surface area contributed by atoms with E-state index in [0.29, 0.717) is 5.69 Å². The number of nitrogens with one attached hydrogen (secondary N) is 1. The highest BCUT2D eigenvalue weighted by Gasteiger charge is 2.24. The van der Waals surface area contributed by atoms with Crippen molar-refractivity contribution in [2.45, 2.75) is 0 Å². The summed E-state index contributed by atoms with van der Waals surface area (Å²) in [7, 11) is 0. The van der Waals surface area contributed by atoms with E-state index in [4.69, 9.17) is 10.5 Å². The Balaban J connectivity index is 1.78. The molecule has 0 spiro atoms. The van der Waals surface area contributed by atoms with Crippen molar-refractivity contribution in [3.05, 3.63) is 91.0 Å². The third-order valence-electron chi connectivity index (χ3n) is 4.84. The lowest BCUT2D eigenvalue weighted by Crippen LogP contribution is -2.07. The number of rotatable bonds is 2. The molecule has 0 aliphatic carbocycles. The molecule has 3 heteroatoms. The van der Waals surface area contributed by atoms with Crippen LogP contribution in [0.5, 0.6) is 11.5 Å². The summed E-state index contributed by atoms with van der Waals surface area (Å²) in [6.45, 7) is 0. The van der Waals surface area contributed by atoms with E-state index in [1.807, 2.05) is 60.7 Å². The van der Waals surface area contributed by atoms with Gasteiger partial charge in [0.25, 0.3) is 0 Å². The van der Waals surface area contributed by atoms with Crippen molar-refractivity contribution in [1.29, 1.82) is 0 Å². The van der Waals surface area contributed by atoms with Crippen LogP contribution in [0.25, 0.3) is 22.3 Å². The van der Waals surface area contributed by atoms with Gasteiger partial charge in [-0.3, -0.25) is 0 Å². The van der Waals surface area contributed by atoms with Crippen LogP contribution in [0, 0.1) is 0 Å². The van der Waals surface area contributed by atoms with Gasteiger partial charge < -0.3 is 15.8 Å². The van der Waals surface area contributed by atoms with E-state index in [9.17, 15) is 0 Å². The molecule has 3 nitrogen and oxygen atoms in total. The SMILES string of the molecule is Nc1c2c(cc(-c3ccccc3)c1-c1ccccc1)Oc1ccccc1N2. The Morgan fingerprint density at radius 2 is 1.30 bits per heavy atom. The van der Waals surface area contributed by atoms with E-state index in [-0.39, 0.29) is 0 Å². The van der Waals surface area contributed by atoms with Gasteiger partial charge in [-0.15, -0.1) is 0 Å². The lowest BCUT2D eigenvalue weighted by Gasteiger charge is -2.26. The van der Waals surface area contributed by atoms with E-state index < -0.39 is 0 Å². The van der Waals surface area contributed by atoms with Crippen LogP contribution in [0.3, 0.4) is 0 Å². The molecule has 4 aromatic carbocycles. The van der Waals surface area contributed by atoms with Crippen molar-refractivity contribution in [1.82, 2.24) is 0 Å². The first kappa shape index (κ1) is 15.5. The predicted molar refractivity (Wildman–Crippen MR) is 112 cm³/mol. The molecule has 1 aliphatic rings. The summed E-state index contributed by atoms with van der Waals surface area (Å²) in [6.07, 6.45) is 0. The molecule has 3 N–H and O–H groups in total. The summed E-state index contributed by atoms with van der Waals surface area (Å²) in [5, 5.41) is 3.45. The number of hydrogen-bond donors (Lipinski definition) is 2. The van der Waals surface area contributed by atoms with Crippen LogP contribution in [-0.4, -0.2) is 0 Å². The molecule has 130 valence electrons. The Bertz CT molecular complexity index is 1120. The van der Waals surface area contributed by atoms with Crippen molar-refractivity contribution in [2.75, 3.05) is 11.1 Å². The van der Waals surface area contributed by atoms with E-state index in [1.165, 1.54) is 0 Å². The van der Waals surface area contributed by atoms with E-state index in [1.54, 1.807) is 0 Å². The summed E-state index contributed by atoms with van der Waals surface area (Å²) in [6, 6.07) is 30.5. The van der Waals surface area contributed by atoms with Gasteiger partial charge in [0.1, 0.15) is 5.69 Å². The summed E-state index contributed by atoms with van der Waals surface area (Å²) in [5.41, 5.74) is 13.4. The lowest BCUT2D eigenvalue weighted by molar-refractivity contribution is 0.482. The number of ether oxygens (including phenoxy) is 1. The maximum Gasteiger partial charge on any atom is 0.153 e. The van der Waals surface area contributed by atoms with Crippen molar-refractivity contribution in [3.8, 4) is 33.8 Å². The Labute approximate surface area is 158 Å². The molecule has 4 aromatic rings. The smallest absolute Gasteiger partial charge is 0.153 e. The molecule has 0 saturated carbocycles. The molecule has 0 bridgehead atoms. The minimum absolute atomic E-state index is 0.687. The van der Waals surface area contributed by atoms with Crippen molar-refractivity contribution >= 4 is 17.1 Å².